The van der Waals surface area contributed by atoms with Gasteiger partial charge in [0.1, 0.15) is 0 Å². The monoisotopic (exact) mass is 658 g/mol. The SMILES string of the molecule is FC(F)(F)c1ccc2nc(Cl)sc2c1.N#CC1CCN(c2nc3ccc(C(F)(F)F)cc3s2)CC1.N#CC1CCNCC1. The third-order valence-corrected chi connectivity index (χ3v) is 9.07. The lowest BCUT2D eigenvalue weighted by molar-refractivity contribution is -0.138. The number of alkyl halides is 6. The highest BCUT2D eigenvalue weighted by Gasteiger charge is 2.32. The van der Waals surface area contributed by atoms with Gasteiger partial charge in [-0.15, -0.1) is 11.3 Å². The highest BCUT2D eigenvalue weighted by atomic mass is 35.5. The van der Waals surface area contributed by atoms with Gasteiger partial charge in [-0.25, -0.2) is 9.97 Å². The van der Waals surface area contributed by atoms with Crippen molar-refractivity contribution < 1.29 is 26.3 Å². The van der Waals surface area contributed by atoms with Gasteiger partial charge in [-0.1, -0.05) is 22.9 Å². The molecule has 0 amide bonds. The molecule has 228 valence electrons. The number of halogens is 7. The summed E-state index contributed by atoms with van der Waals surface area (Å²) in [6.45, 7) is 3.50. The molecule has 0 saturated carbocycles. The molecule has 2 aromatic carbocycles. The standard InChI is InChI=1S/C14H12F3N3S.C8H3ClF3NS.C6H10N2/c15-14(16,17)10-1-2-11-12(7-10)21-13(19-11)20-5-3-9(8-18)4-6-20;9-7-13-5-2-1-4(8(10,11)12)3-6(5)14-7;7-5-6-1-3-8-4-2-6/h1-2,7,9H,3-6H2;1-3H;6,8H,1-4H2. The first-order valence-electron chi connectivity index (χ1n) is 13.2. The summed E-state index contributed by atoms with van der Waals surface area (Å²) in [7, 11) is 0. The minimum atomic E-state index is -4.33. The minimum Gasteiger partial charge on any atom is -0.348 e. The van der Waals surface area contributed by atoms with Crippen molar-refractivity contribution in [3.63, 3.8) is 0 Å². The lowest BCUT2D eigenvalue weighted by Crippen LogP contribution is -2.33. The Balaban J connectivity index is 0.000000165. The molecule has 6 rings (SSSR count). The van der Waals surface area contributed by atoms with E-state index in [1.165, 1.54) is 23.5 Å². The lowest BCUT2D eigenvalue weighted by atomic mass is 9.99. The van der Waals surface area contributed by atoms with Crippen LogP contribution in [0, 0.1) is 34.5 Å². The molecule has 2 fully saturated rings. The van der Waals surface area contributed by atoms with E-state index in [2.05, 4.69) is 27.4 Å². The summed E-state index contributed by atoms with van der Waals surface area (Å²) in [4.78, 5) is 10.3. The van der Waals surface area contributed by atoms with Crippen LogP contribution in [-0.4, -0.2) is 36.1 Å². The summed E-state index contributed by atoms with van der Waals surface area (Å²) in [6, 6.07) is 11.5. The van der Waals surface area contributed by atoms with E-state index in [9.17, 15) is 26.3 Å². The largest absolute Gasteiger partial charge is 0.416 e. The number of hydrogen-bond donors (Lipinski definition) is 1. The Labute approximate surface area is 256 Å². The molecule has 1 N–H and O–H groups in total. The first-order valence-corrected chi connectivity index (χ1v) is 15.2. The molecule has 0 radical (unpaired) electrons. The van der Waals surface area contributed by atoms with Crippen molar-refractivity contribution in [1.82, 2.24) is 15.3 Å². The number of anilines is 1. The fourth-order valence-electron chi connectivity index (χ4n) is 4.45. The van der Waals surface area contributed by atoms with Crippen molar-refractivity contribution in [2.75, 3.05) is 31.1 Å². The van der Waals surface area contributed by atoms with Gasteiger partial charge in [-0.3, -0.25) is 0 Å². The molecule has 0 spiro atoms. The average Bonchev–Trinajstić information content (AvgIpc) is 3.59. The van der Waals surface area contributed by atoms with E-state index in [4.69, 9.17) is 22.1 Å². The van der Waals surface area contributed by atoms with Gasteiger partial charge in [0.05, 0.1) is 43.7 Å². The van der Waals surface area contributed by atoms with Crippen LogP contribution in [0.4, 0.5) is 31.5 Å². The number of nitriles is 2. The van der Waals surface area contributed by atoms with Gasteiger partial charge in [0.15, 0.2) is 9.60 Å². The maximum atomic E-state index is 12.7. The van der Waals surface area contributed by atoms with Crippen molar-refractivity contribution in [2.24, 2.45) is 11.8 Å². The molecular weight excluding hydrogens is 634 g/mol. The molecular formula is C28H25ClF6N6S2. The zero-order valence-corrected chi connectivity index (χ0v) is 24.9. The number of nitrogens with one attached hydrogen (secondary N) is 1. The van der Waals surface area contributed by atoms with E-state index >= 15 is 0 Å². The van der Waals surface area contributed by atoms with E-state index in [-0.39, 0.29) is 10.4 Å². The van der Waals surface area contributed by atoms with E-state index in [1.807, 2.05) is 4.90 Å². The first kappa shape index (κ1) is 32.7. The summed E-state index contributed by atoms with van der Waals surface area (Å²) in [6.07, 6.45) is -5.01. The van der Waals surface area contributed by atoms with Gasteiger partial charge in [-0.05, 0) is 75.2 Å². The number of thiazole rings is 2. The number of aromatic nitrogens is 2. The quantitative estimate of drug-likeness (QED) is 0.206. The molecule has 0 bridgehead atoms. The van der Waals surface area contributed by atoms with Gasteiger partial charge in [0, 0.05) is 24.9 Å². The highest BCUT2D eigenvalue weighted by Crippen LogP contribution is 2.37. The van der Waals surface area contributed by atoms with Crippen LogP contribution in [0.5, 0.6) is 0 Å². The second-order valence-corrected chi connectivity index (χ2v) is 12.5. The lowest BCUT2D eigenvalue weighted by Gasteiger charge is -2.28. The number of fused-ring (bicyclic) bond motifs is 2. The Morgan fingerprint density at radius 3 is 1.74 bits per heavy atom. The second-order valence-electron chi connectivity index (χ2n) is 9.87. The minimum absolute atomic E-state index is 0.0764. The Bertz CT molecular complexity index is 1610. The number of nitrogens with zero attached hydrogens (tertiary/aromatic N) is 5. The maximum Gasteiger partial charge on any atom is 0.416 e. The molecule has 2 aliphatic heterocycles. The topological polar surface area (TPSA) is 88.6 Å². The highest BCUT2D eigenvalue weighted by molar-refractivity contribution is 7.22. The van der Waals surface area contributed by atoms with Crippen LogP contribution in [0.25, 0.3) is 20.4 Å². The van der Waals surface area contributed by atoms with Crippen LogP contribution in [0.1, 0.15) is 36.8 Å². The van der Waals surface area contributed by atoms with Crippen molar-refractivity contribution >= 4 is 59.8 Å². The smallest absolute Gasteiger partial charge is 0.348 e. The van der Waals surface area contributed by atoms with E-state index in [0.717, 1.165) is 92.6 Å². The predicted octanol–water partition coefficient (Wildman–Crippen LogP) is 8.53. The molecule has 0 atom stereocenters. The molecule has 2 aromatic heterocycles. The number of hydrogen-bond acceptors (Lipinski definition) is 8. The molecule has 43 heavy (non-hydrogen) atoms. The second kappa shape index (κ2) is 14.1. The van der Waals surface area contributed by atoms with E-state index < -0.39 is 23.5 Å². The zero-order valence-electron chi connectivity index (χ0n) is 22.5. The van der Waals surface area contributed by atoms with Crippen LogP contribution in [-0.2, 0) is 12.4 Å². The van der Waals surface area contributed by atoms with Crippen LogP contribution >= 0.6 is 34.3 Å². The fourth-order valence-corrected chi connectivity index (χ4v) is 6.57. The fraction of sp³-hybridized carbons (Fsp3) is 0.429. The van der Waals surface area contributed by atoms with Gasteiger partial charge in [0.2, 0.25) is 0 Å². The third kappa shape index (κ3) is 8.92. The Morgan fingerprint density at radius 2 is 1.26 bits per heavy atom. The normalized spacial score (nSPS) is 16.5. The van der Waals surface area contributed by atoms with Gasteiger partial charge in [0.25, 0.3) is 0 Å². The summed E-state index contributed by atoms with van der Waals surface area (Å²) >= 11 is 7.89. The number of benzene rings is 2. The van der Waals surface area contributed by atoms with Crippen molar-refractivity contribution in [2.45, 2.75) is 38.0 Å². The molecule has 4 heterocycles. The van der Waals surface area contributed by atoms with Gasteiger partial charge in [-0.2, -0.15) is 36.9 Å². The Morgan fingerprint density at radius 1 is 0.767 bits per heavy atom. The van der Waals surface area contributed by atoms with Gasteiger partial charge >= 0.3 is 12.4 Å². The molecule has 6 nitrogen and oxygen atoms in total. The van der Waals surface area contributed by atoms with Crippen molar-refractivity contribution in [3.8, 4) is 12.1 Å². The zero-order chi connectivity index (χ0) is 31.2. The molecule has 15 heteroatoms. The van der Waals surface area contributed by atoms with E-state index in [0.29, 0.717) is 26.4 Å². The summed E-state index contributed by atoms with van der Waals surface area (Å²) in [5, 5.41) is 21.2. The van der Waals surface area contributed by atoms with Crippen LogP contribution < -0.4 is 10.2 Å². The Kier molecular flexibility index (Phi) is 10.7. The van der Waals surface area contributed by atoms with Crippen LogP contribution in [0.3, 0.4) is 0 Å². The maximum absolute atomic E-state index is 12.7. The first-order chi connectivity index (χ1) is 20.4. The molecule has 2 saturated heterocycles. The summed E-state index contributed by atoms with van der Waals surface area (Å²) < 4.78 is 76.2. The average molecular weight is 659 g/mol. The van der Waals surface area contributed by atoms with Crippen LogP contribution in [0.15, 0.2) is 36.4 Å². The molecule has 4 aromatic rings. The van der Waals surface area contributed by atoms with E-state index in [1.54, 1.807) is 0 Å². The molecule has 0 aliphatic carbocycles. The Hall–Kier alpha value is -3.17. The van der Waals surface area contributed by atoms with Crippen molar-refractivity contribution in [3.05, 3.63) is 52.0 Å². The summed E-state index contributed by atoms with van der Waals surface area (Å²) in [5.41, 5.74) is -0.239. The number of piperidine rings is 2. The van der Waals surface area contributed by atoms with Gasteiger partial charge < -0.3 is 10.2 Å². The molecule has 0 unspecified atom stereocenters. The predicted molar refractivity (Wildman–Crippen MR) is 156 cm³/mol. The number of rotatable bonds is 1. The third-order valence-electron chi connectivity index (χ3n) is 6.86. The molecule has 2 aliphatic rings. The summed E-state index contributed by atoms with van der Waals surface area (Å²) in [5.74, 6) is 0.406. The van der Waals surface area contributed by atoms with Crippen LogP contribution in [0.2, 0.25) is 4.47 Å². The van der Waals surface area contributed by atoms with Crippen molar-refractivity contribution in [1.29, 1.82) is 10.5 Å².